The van der Waals surface area contributed by atoms with Crippen molar-refractivity contribution in [2.45, 2.75) is 91.0 Å². The van der Waals surface area contributed by atoms with Crippen molar-refractivity contribution in [3.8, 4) is 5.75 Å². The van der Waals surface area contributed by atoms with Gasteiger partial charge in [0.1, 0.15) is 24.0 Å². The lowest BCUT2D eigenvalue weighted by Crippen LogP contribution is -2.63. The Hall–Kier alpha value is -3.93. The molecule has 0 saturated carbocycles. The molecule has 1 aliphatic carbocycles. The van der Waals surface area contributed by atoms with Gasteiger partial charge in [0.15, 0.2) is 12.2 Å². The summed E-state index contributed by atoms with van der Waals surface area (Å²) < 4.78 is 39.3. The van der Waals surface area contributed by atoms with Gasteiger partial charge in [-0.05, 0) is 50.3 Å². The van der Waals surface area contributed by atoms with Crippen LogP contribution >= 0.6 is 0 Å². The van der Waals surface area contributed by atoms with E-state index < -0.39 is 60.2 Å². The van der Waals surface area contributed by atoms with Crippen LogP contribution in [-0.2, 0) is 55.7 Å². The molecule has 216 valence electrons. The van der Waals surface area contributed by atoms with E-state index in [0.717, 1.165) is 51.0 Å². The standard InChI is InChI=1S/C28H32O12/c1-13-21(11-10-19-18-8-6-7-9-20(18)27(33)40-23(13)19)38-28-26(37-17(5)32)25(36-16(4)31)24(35-15(3)30)22(39-28)12-34-14(2)29/h10-11,22,24-26,28H,6-9,12H2,1-5H3/t22-,24-,25+,26-,28-/m1/s1. The summed E-state index contributed by atoms with van der Waals surface area (Å²) in [5.41, 5.74) is 2.10. The van der Waals surface area contributed by atoms with E-state index in [-0.39, 0.29) is 12.4 Å². The van der Waals surface area contributed by atoms with Crippen LogP contribution in [0.2, 0.25) is 0 Å². The molecule has 2 aromatic rings. The molecule has 2 aliphatic rings. The highest BCUT2D eigenvalue weighted by molar-refractivity contribution is 5.86. The molecule has 0 amide bonds. The highest BCUT2D eigenvalue weighted by Gasteiger charge is 2.53. The van der Waals surface area contributed by atoms with Crippen LogP contribution in [-0.4, -0.2) is 61.2 Å². The first kappa shape index (κ1) is 29.1. The van der Waals surface area contributed by atoms with Crippen LogP contribution in [0.1, 0.15) is 57.2 Å². The first-order valence-electron chi connectivity index (χ1n) is 13.0. The number of ether oxygens (including phenoxy) is 6. The van der Waals surface area contributed by atoms with Gasteiger partial charge in [-0.1, -0.05) is 0 Å². The molecule has 2 heterocycles. The van der Waals surface area contributed by atoms with Crippen LogP contribution in [0.15, 0.2) is 21.3 Å². The molecular weight excluding hydrogens is 528 g/mol. The number of carbonyl (C=O) groups is 4. The molecule has 1 aromatic carbocycles. The van der Waals surface area contributed by atoms with Crippen molar-refractivity contribution in [3.05, 3.63) is 39.2 Å². The van der Waals surface area contributed by atoms with Gasteiger partial charge in [0.25, 0.3) is 0 Å². The molecule has 0 N–H and O–H groups in total. The summed E-state index contributed by atoms with van der Waals surface area (Å²) in [5, 5.41) is 0.806. The molecule has 1 aliphatic heterocycles. The van der Waals surface area contributed by atoms with E-state index >= 15 is 0 Å². The van der Waals surface area contributed by atoms with E-state index in [2.05, 4.69) is 0 Å². The average Bonchev–Trinajstić information content (AvgIpc) is 2.87. The monoisotopic (exact) mass is 560 g/mol. The summed E-state index contributed by atoms with van der Waals surface area (Å²) in [5.74, 6) is -2.61. The van der Waals surface area contributed by atoms with Gasteiger partial charge >= 0.3 is 29.5 Å². The van der Waals surface area contributed by atoms with E-state index in [4.69, 9.17) is 32.8 Å². The van der Waals surface area contributed by atoms with Crippen molar-refractivity contribution in [2.24, 2.45) is 0 Å². The second-order valence-electron chi connectivity index (χ2n) is 9.80. The summed E-state index contributed by atoms with van der Waals surface area (Å²) in [6, 6.07) is 3.47. The van der Waals surface area contributed by atoms with Crippen LogP contribution in [0.4, 0.5) is 0 Å². The number of hydrogen-bond donors (Lipinski definition) is 0. The number of fused-ring (bicyclic) bond motifs is 3. The Labute approximate surface area is 229 Å². The maximum absolute atomic E-state index is 12.7. The van der Waals surface area contributed by atoms with Crippen molar-refractivity contribution in [1.29, 1.82) is 0 Å². The molecule has 1 fully saturated rings. The van der Waals surface area contributed by atoms with Crippen molar-refractivity contribution in [1.82, 2.24) is 0 Å². The van der Waals surface area contributed by atoms with Crippen molar-refractivity contribution in [3.63, 3.8) is 0 Å². The third-order valence-corrected chi connectivity index (χ3v) is 6.78. The van der Waals surface area contributed by atoms with Crippen LogP contribution in [0, 0.1) is 6.92 Å². The van der Waals surface area contributed by atoms with Crippen molar-refractivity contribution < 1.29 is 52.0 Å². The SMILES string of the molecule is CC(=O)OC[C@H]1O[C@@H](Oc2ccc3c4c(c(=O)oc3c2C)CCCC4)[C@H](OC(C)=O)[C@@H](OC(C)=O)[C@@H]1OC(C)=O. The van der Waals surface area contributed by atoms with E-state index in [1.165, 1.54) is 6.92 Å². The number of hydrogen-bond acceptors (Lipinski definition) is 12. The normalized spacial score (nSPS) is 24.0. The second-order valence-corrected chi connectivity index (χ2v) is 9.80. The van der Waals surface area contributed by atoms with Crippen LogP contribution < -0.4 is 10.4 Å². The van der Waals surface area contributed by atoms with Gasteiger partial charge in [0.2, 0.25) is 12.4 Å². The molecule has 0 bridgehead atoms. The predicted octanol–water partition coefficient (Wildman–Crippen LogP) is 2.44. The zero-order valence-electron chi connectivity index (χ0n) is 23.0. The molecule has 1 aromatic heterocycles. The van der Waals surface area contributed by atoms with Gasteiger partial charge < -0.3 is 32.8 Å². The predicted molar refractivity (Wildman–Crippen MR) is 136 cm³/mol. The molecule has 4 rings (SSSR count). The Kier molecular flexibility index (Phi) is 8.77. The second kappa shape index (κ2) is 12.1. The van der Waals surface area contributed by atoms with Crippen molar-refractivity contribution in [2.75, 3.05) is 6.61 Å². The fourth-order valence-corrected chi connectivity index (χ4v) is 5.16. The average molecular weight is 561 g/mol. The summed E-state index contributed by atoms with van der Waals surface area (Å²) >= 11 is 0. The largest absolute Gasteiger partial charge is 0.463 e. The Morgan fingerprint density at radius 2 is 1.43 bits per heavy atom. The lowest BCUT2D eigenvalue weighted by molar-refractivity contribution is -0.288. The first-order chi connectivity index (χ1) is 19.0. The highest BCUT2D eigenvalue weighted by atomic mass is 16.7. The molecule has 1 saturated heterocycles. The molecular formula is C28H32O12. The molecule has 40 heavy (non-hydrogen) atoms. The zero-order valence-corrected chi connectivity index (χ0v) is 23.0. The van der Waals surface area contributed by atoms with Gasteiger partial charge in [-0.2, -0.15) is 0 Å². The Balaban J connectivity index is 1.76. The lowest BCUT2D eigenvalue weighted by Gasteiger charge is -2.44. The Morgan fingerprint density at radius 1 is 0.825 bits per heavy atom. The fraction of sp³-hybridized carbons (Fsp3) is 0.536. The molecule has 0 radical (unpaired) electrons. The maximum Gasteiger partial charge on any atom is 0.339 e. The summed E-state index contributed by atoms with van der Waals surface area (Å²) in [4.78, 5) is 60.3. The van der Waals surface area contributed by atoms with Gasteiger partial charge in [-0.3, -0.25) is 19.2 Å². The third kappa shape index (κ3) is 6.27. The Morgan fingerprint density at radius 3 is 2.05 bits per heavy atom. The van der Waals surface area contributed by atoms with Gasteiger partial charge in [0, 0.05) is 44.2 Å². The van der Waals surface area contributed by atoms with E-state index in [9.17, 15) is 24.0 Å². The number of esters is 4. The van der Waals surface area contributed by atoms with E-state index in [1.54, 1.807) is 19.1 Å². The smallest absolute Gasteiger partial charge is 0.339 e. The quantitative estimate of drug-likeness (QED) is 0.278. The molecule has 0 spiro atoms. The van der Waals surface area contributed by atoms with Gasteiger partial charge in [-0.25, -0.2) is 4.79 Å². The highest BCUT2D eigenvalue weighted by Crippen LogP contribution is 2.36. The summed E-state index contributed by atoms with van der Waals surface area (Å²) in [7, 11) is 0. The number of carbonyl (C=O) groups excluding carboxylic acids is 4. The molecule has 12 heteroatoms. The van der Waals surface area contributed by atoms with Gasteiger partial charge in [0.05, 0.1) is 0 Å². The Bertz CT molecular complexity index is 1380. The minimum atomic E-state index is -1.40. The van der Waals surface area contributed by atoms with Crippen LogP contribution in [0.3, 0.4) is 0 Å². The van der Waals surface area contributed by atoms with E-state index in [0.29, 0.717) is 23.1 Å². The summed E-state index contributed by atoms with van der Waals surface area (Å²) in [6.07, 6.45) is -3.29. The lowest BCUT2D eigenvalue weighted by atomic mass is 9.90. The van der Waals surface area contributed by atoms with E-state index in [1.807, 2.05) is 0 Å². The number of benzene rings is 1. The fourth-order valence-electron chi connectivity index (χ4n) is 5.16. The molecule has 0 unspecified atom stereocenters. The first-order valence-corrected chi connectivity index (χ1v) is 13.0. The minimum absolute atomic E-state index is 0.243. The molecule has 12 nitrogen and oxygen atoms in total. The van der Waals surface area contributed by atoms with Gasteiger partial charge in [-0.15, -0.1) is 0 Å². The minimum Gasteiger partial charge on any atom is -0.463 e. The number of aryl methyl sites for hydroxylation is 2. The third-order valence-electron chi connectivity index (χ3n) is 6.78. The van der Waals surface area contributed by atoms with Crippen molar-refractivity contribution >= 4 is 34.8 Å². The number of rotatable bonds is 7. The zero-order chi connectivity index (χ0) is 29.1. The maximum atomic E-state index is 12.7. The summed E-state index contributed by atoms with van der Waals surface area (Å²) in [6.45, 7) is 5.94. The van der Waals surface area contributed by atoms with Crippen LogP contribution in [0.5, 0.6) is 5.75 Å². The van der Waals surface area contributed by atoms with Crippen LogP contribution in [0.25, 0.3) is 11.0 Å². The topological polar surface area (TPSA) is 154 Å². The molecule has 5 atom stereocenters.